The summed E-state index contributed by atoms with van der Waals surface area (Å²) in [5.41, 5.74) is 6.08. The van der Waals surface area contributed by atoms with Crippen LogP contribution >= 0.6 is 0 Å². The van der Waals surface area contributed by atoms with E-state index in [-0.39, 0.29) is 19.8 Å². The molecule has 0 aliphatic carbocycles. The highest BCUT2D eigenvalue weighted by Gasteiger charge is 2.54. The highest BCUT2D eigenvalue weighted by Crippen LogP contribution is 2.36. The molecule has 10 heteroatoms. The van der Waals surface area contributed by atoms with Gasteiger partial charge in [-0.3, -0.25) is 0 Å². The Labute approximate surface area is 383 Å². The first-order chi connectivity index (χ1) is 32.1. The second-order valence-electron chi connectivity index (χ2n) is 16.4. The molecule has 0 radical (unpaired) electrons. The van der Waals surface area contributed by atoms with Gasteiger partial charge in [-0.2, -0.15) is 0 Å². The first-order valence-electron chi connectivity index (χ1n) is 22.5. The first kappa shape index (κ1) is 46.4. The summed E-state index contributed by atoms with van der Waals surface area (Å²) in [7, 11) is 1.61. The molecule has 2 saturated heterocycles. The van der Waals surface area contributed by atoms with Crippen LogP contribution in [0.1, 0.15) is 40.3 Å². The van der Waals surface area contributed by atoms with Gasteiger partial charge in [0.2, 0.25) is 0 Å². The summed E-state index contributed by atoms with van der Waals surface area (Å²) in [6.45, 7) is 4.11. The predicted octanol–water partition coefficient (Wildman–Crippen LogP) is 9.63. The molecule has 2 heterocycles. The van der Waals surface area contributed by atoms with Gasteiger partial charge in [0, 0.05) is 7.11 Å². The Morgan fingerprint density at radius 3 is 1.09 bits per heavy atom. The van der Waals surface area contributed by atoms with Crippen LogP contribution in [0.5, 0.6) is 0 Å². The number of benzene rings is 6. The quantitative estimate of drug-likeness (QED) is 0.0657. The molecule has 0 unspecified atom stereocenters. The lowest BCUT2D eigenvalue weighted by Gasteiger charge is -2.49. The zero-order valence-electron chi connectivity index (χ0n) is 37.1. The van der Waals surface area contributed by atoms with Crippen molar-refractivity contribution in [2.75, 3.05) is 13.7 Å². The highest BCUT2D eigenvalue weighted by atomic mass is 16.8. The second kappa shape index (κ2) is 24.4. The van der Waals surface area contributed by atoms with E-state index in [0.717, 1.165) is 33.4 Å². The summed E-state index contributed by atoms with van der Waals surface area (Å²) < 4.78 is 67.8. The van der Waals surface area contributed by atoms with Crippen LogP contribution in [0.15, 0.2) is 182 Å². The van der Waals surface area contributed by atoms with Gasteiger partial charge in [-0.25, -0.2) is 0 Å². The molecule has 6 aromatic rings. The minimum Gasteiger partial charge on any atom is -0.374 e. The van der Waals surface area contributed by atoms with Crippen molar-refractivity contribution in [1.82, 2.24) is 0 Å². The van der Waals surface area contributed by atoms with Crippen molar-refractivity contribution in [3.05, 3.63) is 215 Å². The van der Waals surface area contributed by atoms with E-state index in [9.17, 15) is 0 Å². The third-order valence-corrected chi connectivity index (χ3v) is 11.7. The molecular formula is C55H60O10. The van der Waals surface area contributed by atoms with Crippen LogP contribution in [0.25, 0.3) is 0 Å². The van der Waals surface area contributed by atoms with Crippen LogP contribution in [-0.2, 0) is 87.0 Å². The number of hydrogen-bond acceptors (Lipinski definition) is 10. The van der Waals surface area contributed by atoms with Crippen molar-refractivity contribution in [2.45, 2.75) is 108 Å². The predicted molar refractivity (Wildman–Crippen MR) is 246 cm³/mol. The lowest BCUT2D eigenvalue weighted by atomic mass is 9.96. The summed E-state index contributed by atoms with van der Waals surface area (Å²) in [4.78, 5) is 0. The van der Waals surface area contributed by atoms with Crippen molar-refractivity contribution in [1.29, 1.82) is 0 Å². The third kappa shape index (κ3) is 13.3. The average molecular weight is 881 g/mol. The van der Waals surface area contributed by atoms with E-state index in [1.54, 1.807) is 7.11 Å². The van der Waals surface area contributed by atoms with Crippen molar-refractivity contribution < 1.29 is 47.4 Å². The van der Waals surface area contributed by atoms with Gasteiger partial charge in [-0.15, -0.1) is 0 Å². The van der Waals surface area contributed by atoms with Gasteiger partial charge in [0.25, 0.3) is 0 Å². The summed E-state index contributed by atoms with van der Waals surface area (Å²) in [5.74, 6) is 0. The van der Waals surface area contributed by atoms with E-state index in [1.165, 1.54) is 0 Å². The second-order valence-corrected chi connectivity index (χ2v) is 16.4. The Morgan fingerprint density at radius 1 is 0.354 bits per heavy atom. The van der Waals surface area contributed by atoms with E-state index in [4.69, 9.17) is 47.4 Å². The maximum absolute atomic E-state index is 7.23. The average Bonchev–Trinajstić information content (AvgIpc) is 3.36. The molecule has 10 nitrogen and oxygen atoms in total. The number of ether oxygens (including phenoxy) is 10. The summed E-state index contributed by atoms with van der Waals surface area (Å²) in [6.07, 6.45) is -7.18. The van der Waals surface area contributed by atoms with Gasteiger partial charge in [0.05, 0.1) is 52.4 Å². The van der Waals surface area contributed by atoms with E-state index in [0.29, 0.717) is 26.4 Å². The van der Waals surface area contributed by atoms with Gasteiger partial charge in [0.1, 0.15) is 42.7 Å². The molecule has 2 fully saturated rings. The minimum absolute atomic E-state index is 0.210. The van der Waals surface area contributed by atoms with E-state index < -0.39 is 61.4 Å². The molecule has 0 N–H and O–H groups in total. The summed E-state index contributed by atoms with van der Waals surface area (Å²) >= 11 is 0. The molecular weight excluding hydrogens is 821 g/mol. The molecule has 0 bridgehead atoms. The van der Waals surface area contributed by atoms with Crippen molar-refractivity contribution >= 4 is 0 Å². The van der Waals surface area contributed by atoms with Gasteiger partial charge < -0.3 is 47.4 Å². The zero-order valence-corrected chi connectivity index (χ0v) is 37.1. The lowest BCUT2D eigenvalue weighted by molar-refractivity contribution is -0.378. The van der Waals surface area contributed by atoms with Crippen molar-refractivity contribution in [3.8, 4) is 0 Å². The van der Waals surface area contributed by atoms with Crippen LogP contribution in [0.2, 0.25) is 0 Å². The highest BCUT2D eigenvalue weighted by molar-refractivity contribution is 5.18. The standard InChI is InChI=1S/C55H60O10/c1-40-48(58-34-42-23-11-4-12-24-42)50(60-36-44-27-15-6-16-28-44)52(62-38-46-31-19-8-20-32-46)55(63-40)65-53-51(61-37-45-29-17-7-18-30-45)49(59-35-43-25-13-5-14-26-43)47(64-54(53)56-2)39-57-33-41-21-9-3-10-22-41/h3-32,40,47-55H,33-39H2,1-2H3/t40-,47+,48+,49+,50+,51-,52-,53+,54+,55+/m0/s1. The van der Waals surface area contributed by atoms with Gasteiger partial charge in [0.15, 0.2) is 12.6 Å². The van der Waals surface area contributed by atoms with Crippen LogP contribution < -0.4 is 0 Å². The molecule has 2 aliphatic heterocycles. The SMILES string of the molecule is CO[C@@H]1O[C@H](COCc2ccccc2)[C@@H](OCc2ccccc2)[C@H](OCc2ccccc2)[C@H]1O[C@H]1O[C@@H](C)[C@@H](OCc2ccccc2)[C@@H](OCc2ccccc2)[C@@H]1OCc1ccccc1. The molecule has 0 amide bonds. The maximum Gasteiger partial charge on any atom is 0.187 e. The van der Waals surface area contributed by atoms with E-state index in [1.807, 2.05) is 189 Å². The van der Waals surface area contributed by atoms with Gasteiger partial charge in [-0.05, 0) is 40.3 Å². The molecule has 340 valence electrons. The van der Waals surface area contributed by atoms with Crippen LogP contribution in [0, 0.1) is 0 Å². The number of hydrogen-bond donors (Lipinski definition) is 0. The van der Waals surface area contributed by atoms with Gasteiger partial charge >= 0.3 is 0 Å². The summed E-state index contributed by atoms with van der Waals surface area (Å²) in [6, 6.07) is 60.4. The largest absolute Gasteiger partial charge is 0.374 e. The van der Waals surface area contributed by atoms with E-state index in [2.05, 4.69) is 0 Å². The van der Waals surface area contributed by atoms with Crippen LogP contribution in [0.4, 0.5) is 0 Å². The zero-order chi connectivity index (χ0) is 44.5. The fourth-order valence-electron chi connectivity index (χ4n) is 8.27. The molecule has 0 saturated carbocycles. The Hall–Kier alpha value is -5.08. The maximum atomic E-state index is 7.23. The minimum atomic E-state index is -0.985. The van der Waals surface area contributed by atoms with Crippen molar-refractivity contribution in [2.24, 2.45) is 0 Å². The normalized spacial score (nSPS) is 25.6. The van der Waals surface area contributed by atoms with Gasteiger partial charge in [-0.1, -0.05) is 182 Å². The van der Waals surface area contributed by atoms with E-state index >= 15 is 0 Å². The topological polar surface area (TPSA) is 92.3 Å². The number of methoxy groups -OCH3 is 1. The van der Waals surface area contributed by atoms with Crippen molar-refractivity contribution in [3.63, 3.8) is 0 Å². The molecule has 0 spiro atoms. The fourth-order valence-corrected chi connectivity index (χ4v) is 8.27. The monoisotopic (exact) mass is 880 g/mol. The Kier molecular flexibility index (Phi) is 17.5. The Morgan fingerprint density at radius 2 is 0.692 bits per heavy atom. The Bertz CT molecular complexity index is 2200. The molecule has 0 aromatic heterocycles. The molecule has 6 aromatic carbocycles. The van der Waals surface area contributed by atoms with Crippen LogP contribution in [0.3, 0.4) is 0 Å². The molecule has 10 atom stereocenters. The molecule has 8 rings (SSSR count). The summed E-state index contributed by atoms with van der Waals surface area (Å²) in [5, 5.41) is 0. The third-order valence-electron chi connectivity index (χ3n) is 11.7. The first-order valence-corrected chi connectivity index (χ1v) is 22.5. The molecule has 65 heavy (non-hydrogen) atoms. The fraction of sp³-hybridized carbons (Fsp3) is 0.345. The number of rotatable bonds is 22. The molecule has 2 aliphatic rings. The lowest BCUT2D eigenvalue weighted by Crippen LogP contribution is -2.65. The smallest absolute Gasteiger partial charge is 0.187 e. The Balaban J connectivity index is 1.13. The van der Waals surface area contributed by atoms with Crippen LogP contribution in [-0.4, -0.2) is 75.1 Å².